The Hall–Kier alpha value is -2.84. The zero-order valence-corrected chi connectivity index (χ0v) is 13.8. The molecule has 0 atom stereocenters. The summed E-state index contributed by atoms with van der Waals surface area (Å²) in [4.78, 5) is 24.6. The fraction of sp³-hybridized carbons (Fsp3) is 0.250. The van der Waals surface area contributed by atoms with Crippen molar-refractivity contribution >= 4 is 11.8 Å². The molecule has 0 bridgehead atoms. The van der Waals surface area contributed by atoms with Crippen LogP contribution in [0.5, 0.6) is 5.75 Å². The van der Waals surface area contributed by atoms with Gasteiger partial charge in [0.15, 0.2) is 0 Å². The molecule has 0 aliphatic carbocycles. The summed E-state index contributed by atoms with van der Waals surface area (Å²) in [6, 6.07) is 7.11. The number of amides is 2. The van der Waals surface area contributed by atoms with Gasteiger partial charge in [-0.15, -0.1) is 0 Å². The number of allylic oxidation sites excluding steroid dienone is 2. The van der Waals surface area contributed by atoms with Gasteiger partial charge in [0.25, 0.3) is 11.8 Å². The third-order valence-electron chi connectivity index (χ3n) is 3.96. The van der Waals surface area contributed by atoms with E-state index in [0.29, 0.717) is 28.3 Å². The molecule has 0 aromatic heterocycles. The quantitative estimate of drug-likeness (QED) is 0.298. The Morgan fingerprint density at radius 1 is 1.00 bits per heavy atom. The number of nitrogens with one attached hydrogen (secondary N) is 3. The number of nitrogens with two attached hydrogens (primary N) is 2. The number of rotatable bonds is 4. The molecule has 2 rings (SSSR count). The van der Waals surface area contributed by atoms with Crippen molar-refractivity contribution < 1.29 is 14.3 Å². The number of carbonyl (C=O) groups excluding carboxylic acids is 2. The summed E-state index contributed by atoms with van der Waals surface area (Å²) in [5.74, 6) is 9.74. The molecule has 1 aromatic rings. The lowest BCUT2D eigenvalue weighted by molar-refractivity contribution is -0.118. The minimum Gasteiger partial charge on any atom is -0.497 e. The van der Waals surface area contributed by atoms with Gasteiger partial charge in [-0.3, -0.25) is 20.4 Å². The number of hydrazine groups is 2. The standard InChI is InChI=1S/C16H21N5O3/c1-8-12(15(22)20-17)14(10-4-6-11(24-3)7-5-10)13(9(2)19-8)16(23)21-18/h4-7,14,19H,17-18H2,1-3H3,(H,20,22)(H,21,23). The number of ether oxygens (including phenoxy) is 1. The van der Waals surface area contributed by atoms with Crippen molar-refractivity contribution in [2.75, 3.05) is 7.11 Å². The molecule has 1 heterocycles. The van der Waals surface area contributed by atoms with Gasteiger partial charge in [0.2, 0.25) is 0 Å². The van der Waals surface area contributed by atoms with E-state index in [1.54, 1.807) is 45.2 Å². The van der Waals surface area contributed by atoms with Gasteiger partial charge in [0.1, 0.15) is 5.75 Å². The fourth-order valence-corrected chi connectivity index (χ4v) is 2.88. The lowest BCUT2D eigenvalue weighted by Crippen LogP contribution is -2.42. The summed E-state index contributed by atoms with van der Waals surface area (Å²) in [6.45, 7) is 3.50. The van der Waals surface area contributed by atoms with Crippen molar-refractivity contribution in [1.82, 2.24) is 16.2 Å². The maximum atomic E-state index is 12.3. The van der Waals surface area contributed by atoms with Crippen LogP contribution in [-0.2, 0) is 9.59 Å². The third kappa shape index (κ3) is 3.10. The van der Waals surface area contributed by atoms with Crippen molar-refractivity contribution in [3.63, 3.8) is 0 Å². The normalized spacial score (nSPS) is 15.0. The van der Waals surface area contributed by atoms with E-state index in [0.717, 1.165) is 5.56 Å². The molecular formula is C16H21N5O3. The third-order valence-corrected chi connectivity index (χ3v) is 3.96. The van der Waals surface area contributed by atoms with E-state index in [1.807, 2.05) is 0 Å². The van der Waals surface area contributed by atoms with Crippen molar-refractivity contribution in [2.24, 2.45) is 11.7 Å². The highest BCUT2D eigenvalue weighted by Crippen LogP contribution is 2.38. The molecule has 0 unspecified atom stereocenters. The second-order valence-electron chi connectivity index (χ2n) is 5.36. The molecule has 0 spiro atoms. The topological polar surface area (TPSA) is 132 Å². The van der Waals surface area contributed by atoms with Gasteiger partial charge in [-0.25, -0.2) is 11.7 Å². The molecule has 128 valence electrons. The number of hydrogen-bond acceptors (Lipinski definition) is 6. The van der Waals surface area contributed by atoms with Crippen molar-refractivity contribution in [1.29, 1.82) is 0 Å². The largest absolute Gasteiger partial charge is 0.497 e. The first-order valence-corrected chi connectivity index (χ1v) is 7.29. The van der Waals surface area contributed by atoms with Crippen molar-refractivity contribution in [2.45, 2.75) is 19.8 Å². The zero-order chi connectivity index (χ0) is 17.9. The molecule has 24 heavy (non-hydrogen) atoms. The fourth-order valence-electron chi connectivity index (χ4n) is 2.88. The Morgan fingerprint density at radius 3 is 1.83 bits per heavy atom. The van der Waals surface area contributed by atoms with Gasteiger partial charge in [0.05, 0.1) is 7.11 Å². The average molecular weight is 331 g/mol. The monoisotopic (exact) mass is 331 g/mol. The predicted molar refractivity (Wildman–Crippen MR) is 88.9 cm³/mol. The highest BCUT2D eigenvalue weighted by atomic mass is 16.5. The molecule has 8 nitrogen and oxygen atoms in total. The molecule has 7 N–H and O–H groups in total. The first-order chi connectivity index (χ1) is 11.4. The van der Waals surface area contributed by atoms with Crippen molar-refractivity contribution in [3.05, 3.63) is 52.4 Å². The second kappa shape index (κ2) is 7.16. The van der Waals surface area contributed by atoms with Crippen LogP contribution in [0.15, 0.2) is 46.8 Å². The Morgan fingerprint density at radius 2 is 1.46 bits per heavy atom. The zero-order valence-electron chi connectivity index (χ0n) is 13.8. The molecule has 1 aliphatic heterocycles. The number of dihydropyridines is 1. The Kier molecular flexibility index (Phi) is 5.22. The Bertz CT molecular complexity index is 684. The first-order valence-electron chi connectivity index (χ1n) is 7.29. The molecule has 0 radical (unpaired) electrons. The van der Waals surface area contributed by atoms with Gasteiger partial charge in [0, 0.05) is 28.5 Å². The number of carbonyl (C=O) groups is 2. The van der Waals surface area contributed by atoms with Crippen LogP contribution in [0.2, 0.25) is 0 Å². The van der Waals surface area contributed by atoms with Crippen LogP contribution in [-0.4, -0.2) is 18.9 Å². The van der Waals surface area contributed by atoms with Crippen LogP contribution in [0.4, 0.5) is 0 Å². The van der Waals surface area contributed by atoms with Crippen LogP contribution in [0.25, 0.3) is 0 Å². The Balaban J connectivity index is 2.64. The second-order valence-corrected chi connectivity index (χ2v) is 5.36. The molecule has 0 saturated heterocycles. The van der Waals surface area contributed by atoms with Crippen molar-refractivity contribution in [3.8, 4) is 5.75 Å². The van der Waals surface area contributed by atoms with Crippen LogP contribution < -0.4 is 32.6 Å². The van der Waals surface area contributed by atoms with E-state index >= 15 is 0 Å². The van der Waals surface area contributed by atoms with E-state index < -0.39 is 17.7 Å². The van der Waals surface area contributed by atoms with Gasteiger partial charge in [-0.05, 0) is 31.5 Å². The van der Waals surface area contributed by atoms with E-state index in [4.69, 9.17) is 16.4 Å². The average Bonchev–Trinajstić information content (AvgIpc) is 2.60. The summed E-state index contributed by atoms with van der Waals surface area (Å²) in [6.07, 6.45) is 0. The molecule has 1 aliphatic rings. The van der Waals surface area contributed by atoms with Crippen LogP contribution in [0.3, 0.4) is 0 Å². The molecule has 2 amide bonds. The van der Waals surface area contributed by atoms with Gasteiger partial charge >= 0.3 is 0 Å². The van der Waals surface area contributed by atoms with Gasteiger partial charge < -0.3 is 10.1 Å². The summed E-state index contributed by atoms with van der Waals surface area (Å²) in [7, 11) is 1.56. The number of methoxy groups -OCH3 is 1. The summed E-state index contributed by atoms with van der Waals surface area (Å²) >= 11 is 0. The lowest BCUT2D eigenvalue weighted by Gasteiger charge is -2.30. The predicted octanol–water partition coefficient (Wildman–Crippen LogP) is -0.0902. The molecular weight excluding hydrogens is 310 g/mol. The van der Waals surface area contributed by atoms with E-state index in [-0.39, 0.29) is 0 Å². The maximum Gasteiger partial charge on any atom is 0.263 e. The smallest absolute Gasteiger partial charge is 0.263 e. The van der Waals surface area contributed by atoms with Crippen LogP contribution in [0.1, 0.15) is 25.3 Å². The SMILES string of the molecule is COc1ccc(C2C(C(=O)NN)=C(C)NC(C)=C2C(=O)NN)cc1. The molecule has 8 heteroatoms. The first kappa shape index (κ1) is 17.5. The van der Waals surface area contributed by atoms with Crippen LogP contribution in [0, 0.1) is 0 Å². The van der Waals surface area contributed by atoms with E-state index in [2.05, 4.69) is 16.2 Å². The minimum atomic E-state index is -0.607. The molecule has 1 aromatic carbocycles. The van der Waals surface area contributed by atoms with Gasteiger partial charge in [-0.2, -0.15) is 0 Å². The van der Waals surface area contributed by atoms with E-state index in [1.165, 1.54) is 0 Å². The summed E-state index contributed by atoms with van der Waals surface area (Å²) < 4.78 is 5.15. The highest BCUT2D eigenvalue weighted by molar-refractivity contribution is 6.03. The lowest BCUT2D eigenvalue weighted by atomic mass is 9.80. The van der Waals surface area contributed by atoms with Gasteiger partial charge in [-0.1, -0.05) is 12.1 Å². The van der Waals surface area contributed by atoms with E-state index in [9.17, 15) is 9.59 Å². The molecule has 0 saturated carbocycles. The van der Waals surface area contributed by atoms with Crippen LogP contribution >= 0.6 is 0 Å². The Labute approximate surface area is 139 Å². The number of benzene rings is 1. The summed E-state index contributed by atoms with van der Waals surface area (Å²) in [5, 5.41) is 3.03. The molecule has 0 fully saturated rings. The minimum absolute atomic E-state index is 0.354. The number of hydrogen-bond donors (Lipinski definition) is 5. The summed E-state index contributed by atoms with van der Waals surface area (Å²) in [5.41, 5.74) is 6.95. The maximum absolute atomic E-state index is 12.3. The highest BCUT2D eigenvalue weighted by Gasteiger charge is 2.35.